The van der Waals surface area contributed by atoms with E-state index in [0.717, 1.165) is 31.6 Å². The molecule has 2 heterocycles. The summed E-state index contributed by atoms with van der Waals surface area (Å²) < 4.78 is 31.0. The van der Waals surface area contributed by atoms with Gasteiger partial charge in [-0.15, -0.1) is 0 Å². The van der Waals surface area contributed by atoms with Crippen LogP contribution in [0.3, 0.4) is 0 Å². The number of likely N-dealkylation sites (N-methyl/N-ethyl adjacent to an activating group) is 1. The number of fused-ring (bicyclic) bond motifs is 3. The molecular formula is C23H23F2N3S. The van der Waals surface area contributed by atoms with Crippen molar-refractivity contribution in [1.82, 2.24) is 14.5 Å². The predicted octanol–water partition coefficient (Wildman–Crippen LogP) is 4.94. The van der Waals surface area contributed by atoms with Gasteiger partial charge in [0.2, 0.25) is 0 Å². The molecule has 3 aromatic rings. The van der Waals surface area contributed by atoms with Crippen molar-refractivity contribution in [2.24, 2.45) is 0 Å². The molecule has 0 radical (unpaired) electrons. The second-order valence-corrected chi connectivity index (χ2v) is 8.78. The zero-order chi connectivity index (χ0) is 20.2. The van der Waals surface area contributed by atoms with Crippen LogP contribution < -0.4 is 0 Å². The number of halogens is 2. The Morgan fingerprint density at radius 3 is 2.79 bits per heavy atom. The van der Waals surface area contributed by atoms with Crippen LogP contribution in [-0.4, -0.2) is 28.0 Å². The van der Waals surface area contributed by atoms with Crippen molar-refractivity contribution in [2.75, 3.05) is 13.6 Å². The third-order valence-electron chi connectivity index (χ3n) is 6.45. The van der Waals surface area contributed by atoms with Crippen LogP contribution in [0.1, 0.15) is 34.9 Å². The minimum atomic E-state index is -0.383. The summed E-state index contributed by atoms with van der Waals surface area (Å²) in [5, 5.41) is 0. The third-order valence-corrected chi connectivity index (χ3v) is 6.77. The van der Waals surface area contributed by atoms with Crippen molar-refractivity contribution in [3.63, 3.8) is 0 Å². The van der Waals surface area contributed by atoms with Crippen molar-refractivity contribution in [3.8, 4) is 0 Å². The lowest BCUT2D eigenvalue weighted by molar-refractivity contribution is 0.330. The summed E-state index contributed by atoms with van der Waals surface area (Å²) >= 11 is 5.54. The largest absolute Gasteiger partial charge is 0.334 e. The van der Waals surface area contributed by atoms with Gasteiger partial charge in [-0.3, -0.25) is 0 Å². The monoisotopic (exact) mass is 411 g/mol. The van der Waals surface area contributed by atoms with Crippen LogP contribution in [0.2, 0.25) is 0 Å². The van der Waals surface area contributed by atoms with Crippen LogP contribution >= 0.6 is 12.2 Å². The molecule has 1 aliphatic heterocycles. The number of H-pyrrole nitrogens is 1. The summed E-state index contributed by atoms with van der Waals surface area (Å²) in [4.78, 5) is 5.66. The highest BCUT2D eigenvalue weighted by Crippen LogP contribution is 2.66. The van der Waals surface area contributed by atoms with E-state index in [1.54, 1.807) is 0 Å². The summed E-state index contributed by atoms with van der Waals surface area (Å²) in [6, 6.07) is 14.2. The van der Waals surface area contributed by atoms with Gasteiger partial charge >= 0.3 is 0 Å². The topological polar surface area (TPSA) is 24.0 Å². The molecule has 29 heavy (non-hydrogen) atoms. The first-order valence-corrected chi connectivity index (χ1v) is 10.4. The van der Waals surface area contributed by atoms with Crippen LogP contribution in [0, 0.1) is 16.4 Å². The molecule has 3 nitrogen and oxygen atoms in total. The van der Waals surface area contributed by atoms with Gasteiger partial charge in [-0.05, 0) is 55.0 Å². The smallest absolute Gasteiger partial charge is 0.177 e. The molecule has 1 N–H and O–H groups in total. The van der Waals surface area contributed by atoms with Crippen molar-refractivity contribution in [3.05, 3.63) is 87.5 Å². The maximum Gasteiger partial charge on any atom is 0.177 e. The highest BCUT2D eigenvalue weighted by Gasteiger charge is 2.63. The van der Waals surface area contributed by atoms with E-state index in [2.05, 4.69) is 45.8 Å². The lowest BCUT2D eigenvalue weighted by Gasteiger charge is -2.16. The molecule has 1 saturated carbocycles. The second kappa shape index (κ2) is 6.89. The van der Waals surface area contributed by atoms with Gasteiger partial charge in [-0.2, -0.15) is 0 Å². The van der Waals surface area contributed by atoms with Gasteiger partial charge in [-0.25, -0.2) is 8.78 Å². The quantitative estimate of drug-likeness (QED) is 0.581. The van der Waals surface area contributed by atoms with Crippen molar-refractivity contribution >= 4 is 12.2 Å². The Labute approximate surface area is 174 Å². The Morgan fingerprint density at radius 1 is 1.21 bits per heavy atom. The SMILES string of the molecule is CN(CCc1[nH]c(=S)n2c1C1C[C@]1(c1cc(F)ccc1F)C2)Cc1ccccc1. The molecule has 0 bridgehead atoms. The normalized spacial score (nSPS) is 22.0. The van der Waals surface area contributed by atoms with Gasteiger partial charge in [0.05, 0.1) is 0 Å². The molecule has 1 unspecified atom stereocenters. The fourth-order valence-electron chi connectivity index (χ4n) is 4.94. The fraction of sp³-hybridized carbons (Fsp3) is 0.348. The molecule has 2 aromatic carbocycles. The summed E-state index contributed by atoms with van der Waals surface area (Å²) in [5.74, 6) is -0.495. The molecule has 0 saturated heterocycles. The Balaban J connectivity index is 1.35. The standard InChI is InChI=1S/C23H23F2N3S/c1-27(13-15-5-3-2-4-6-15)10-9-20-21-18-12-23(18,14-28(21)22(29)26-20)17-11-16(24)7-8-19(17)25/h2-8,11,18H,9-10,12-14H2,1H3,(H,26,29)/t18?,23-/m1/s1. The van der Waals surface area contributed by atoms with Crippen molar-refractivity contribution in [2.45, 2.75) is 37.3 Å². The Bertz CT molecular complexity index is 1120. The maximum atomic E-state index is 14.5. The first-order valence-electron chi connectivity index (χ1n) is 9.97. The van der Waals surface area contributed by atoms with Crippen LogP contribution in [0.4, 0.5) is 8.78 Å². The minimum absolute atomic E-state index is 0.209. The summed E-state index contributed by atoms with van der Waals surface area (Å²) in [5.41, 5.74) is 3.76. The molecule has 150 valence electrons. The zero-order valence-electron chi connectivity index (χ0n) is 16.3. The molecular weight excluding hydrogens is 388 g/mol. The first kappa shape index (κ1) is 18.7. The Morgan fingerprint density at radius 2 is 2.00 bits per heavy atom. The molecule has 2 atom stereocenters. The molecule has 0 spiro atoms. The Kier molecular flexibility index (Phi) is 4.44. The lowest BCUT2D eigenvalue weighted by atomic mass is 9.93. The van der Waals surface area contributed by atoms with Crippen LogP contribution in [0.25, 0.3) is 0 Å². The summed E-state index contributed by atoms with van der Waals surface area (Å²) in [7, 11) is 2.11. The fourth-order valence-corrected chi connectivity index (χ4v) is 5.22. The lowest BCUT2D eigenvalue weighted by Crippen LogP contribution is -2.21. The van der Waals surface area contributed by atoms with Crippen molar-refractivity contribution in [1.29, 1.82) is 0 Å². The van der Waals surface area contributed by atoms with Crippen LogP contribution in [0.5, 0.6) is 0 Å². The molecule has 0 amide bonds. The number of imidazole rings is 1. The molecule has 1 aromatic heterocycles. The third kappa shape index (κ3) is 3.15. The number of rotatable bonds is 6. The van der Waals surface area contributed by atoms with E-state index >= 15 is 0 Å². The predicted molar refractivity (Wildman–Crippen MR) is 111 cm³/mol. The van der Waals surface area contributed by atoms with Crippen molar-refractivity contribution < 1.29 is 8.78 Å². The number of aromatic nitrogens is 2. The van der Waals surface area contributed by atoms with Crippen LogP contribution in [0.15, 0.2) is 48.5 Å². The number of hydrogen-bond acceptors (Lipinski definition) is 2. The summed E-state index contributed by atoms with van der Waals surface area (Å²) in [6.45, 7) is 2.41. The van der Waals surface area contributed by atoms with E-state index in [-0.39, 0.29) is 23.0 Å². The van der Waals surface area contributed by atoms with E-state index in [0.29, 0.717) is 16.9 Å². The van der Waals surface area contributed by atoms with Crippen LogP contribution in [-0.2, 0) is 24.9 Å². The summed E-state index contributed by atoms with van der Waals surface area (Å²) in [6.07, 6.45) is 1.71. The van der Waals surface area contributed by atoms with Gasteiger partial charge in [0.1, 0.15) is 11.6 Å². The number of hydrogen-bond donors (Lipinski definition) is 1. The van der Waals surface area contributed by atoms with E-state index < -0.39 is 0 Å². The highest BCUT2D eigenvalue weighted by molar-refractivity contribution is 7.71. The maximum absolute atomic E-state index is 14.5. The van der Waals surface area contributed by atoms with E-state index in [4.69, 9.17) is 12.2 Å². The number of nitrogens with zero attached hydrogens (tertiary/aromatic N) is 2. The van der Waals surface area contributed by atoms with Gasteiger partial charge in [0.25, 0.3) is 0 Å². The number of nitrogens with one attached hydrogen (secondary N) is 1. The van der Waals surface area contributed by atoms with Gasteiger partial charge in [-0.1, -0.05) is 30.3 Å². The van der Waals surface area contributed by atoms with Gasteiger partial charge in [0, 0.05) is 48.8 Å². The molecule has 1 fully saturated rings. The highest BCUT2D eigenvalue weighted by atomic mass is 32.1. The van der Waals surface area contributed by atoms with E-state index in [9.17, 15) is 8.78 Å². The average Bonchev–Trinajstić information content (AvgIpc) is 3.20. The Hall–Kier alpha value is -2.31. The molecule has 1 aliphatic carbocycles. The molecule has 6 heteroatoms. The molecule has 2 aliphatic rings. The van der Waals surface area contributed by atoms with E-state index in [1.807, 2.05) is 6.07 Å². The zero-order valence-corrected chi connectivity index (χ0v) is 17.1. The number of benzene rings is 2. The molecule has 5 rings (SSSR count). The van der Waals surface area contributed by atoms with Gasteiger partial charge < -0.3 is 14.5 Å². The average molecular weight is 412 g/mol. The first-order chi connectivity index (χ1) is 14.0. The van der Waals surface area contributed by atoms with E-state index in [1.165, 1.54) is 29.5 Å². The second-order valence-electron chi connectivity index (χ2n) is 8.39. The van der Waals surface area contributed by atoms with Gasteiger partial charge in [0.15, 0.2) is 4.77 Å². The number of aromatic amines is 1. The minimum Gasteiger partial charge on any atom is -0.334 e.